The summed E-state index contributed by atoms with van der Waals surface area (Å²) < 4.78 is 0. The zero-order valence-corrected chi connectivity index (χ0v) is 8.98. The van der Waals surface area contributed by atoms with Crippen LogP contribution in [-0.4, -0.2) is 26.3 Å². The second-order valence-electron chi connectivity index (χ2n) is 3.63. The van der Waals surface area contributed by atoms with Gasteiger partial charge in [-0.05, 0) is 31.5 Å². The van der Waals surface area contributed by atoms with Gasteiger partial charge in [-0.25, -0.2) is 4.79 Å². The number of aryl methyl sites for hydroxylation is 2. The van der Waals surface area contributed by atoms with Crippen molar-refractivity contribution in [1.82, 2.24) is 15.2 Å². The third-order valence-electron chi connectivity index (χ3n) is 2.23. The number of aromatic carboxylic acids is 1. The number of hydrogen-bond acceptors (Lipinski definition) is 3. The smallest absolute Gasteiger partial charge is 0.354 e. The molecular weight excluding hydrogens is 206 g/mol. The lowest BCUT2D eigenvalue weighted by Gasteiger charge is -2.02. The highest BCUT2D eigenvalue weighted by atomic mass is 16.4. The van der Waals surface area contributed by atoms with Crippen molar-refractivity contribution in [3.8, 4) is 11.3 Å². The van der Waals surface area contributed by atoms with Crippen molar-refractivity contribution < 1.29 is 9.90 Å². The first-order valence-electron chi connectivity index (χ1n) is 4.80. The molecule has 0 spiro atoms. The topological polar surface area (TPSA) is 78.9 Å². The molecule has 0 bridgehead atoms. The van der Waals surface area contributed by atoms with Gasteiger partial charge in [-0.15, -0.1) is 0 Å². The Morgan fingerprint density at radius 1 is 1.38 bits per heavy atom. The van der Waals surface area contributed by atoms with Gasteiger partial charge in [0.15, 0.2) is 5.69 Å². The highest BCUT2D eigenvalue weighted by Crippen LogP contribution is 2.21. The van der Waals surface area contributed by atoms with Gasteiger partial charge in [-0.3, -0.25) is 10.1 Å². The first-order chi connectivity index (χ1) is 7.58. The normalized spacial score (nSPS) is 10.4. The molecule has 0 aliphatic heterocycles. The van der Waals surface area contributed by atoms with Crippen LogP contribution in [-0.2, 0) is 0 Å². The number of rotatable bonds is 2. The lowest BCUT2D eigenvalue weighted by molar-refractivity contribution is 0.0691. The number of aromatic nitrogens is 3. The molecule has 0 aromatic carbocycles. The van der Waals surface area contributed by atoms with E-state index in [4.69, 9.17) is 5.11 Å². The molecule has 0 aliphatic rings. The van der Waals surface area contributed by atoms with Crippen molar-refractivity contribution in [2.45, 2.75) is 13.8 Å². The average Bonchev–Trinajstić information content (AvgIpc) is 2.63. The number of carboxylic acid groups (broad SMARTS) is 1. The van der Waals surface area contributed by atoms with E-state index in [1.165, 1.54) is 6.20 Å². The fraction of sp³-hybridized carbons (Fsp3) is 0.182. The molecule has 2 heterocycles. The first-order valence-corrected chi connectivity index (χ1v) is 4.80. The molecule has 0 unspecified atom stereocenters. The van der Waals surface area contributed by atoms with Gasteiger partial charge in [-0.2, -0.15) is 5.10 Å². The Morgan fingerprint density at radius 3 is 2.75 bits per heavy atom. The third kappa shape index (κ3) is 1.79. The van der Waals surface area contributed by atoms with Crippen LogP contribution in [0.25, 0.3) is 11.3 Å². The molecule has 2 aromatic rings. The lowest BCUT2D eigenvalue weighted by atomic mass is 10.1. The SMILES string of the molecule is Cc1cc(C)nc(-c2cn[nH]c2C(=O)O)c1. The molecule has 5 nitrogen and oxygen atoms in total. The predicted molar refractivity (Wildman–Crippen MR) is 58.3 cm³/mol. The number of H-pyrrole nitrogens is 1. The average molecular weight is 217 g/mol. The van der Waals surface area contributed by atoms with Crippen LogP contribution >= 0.6 is 0 Å². The number of pyridine rings is 1. The van der Waals surface area contributed by atoms with Crippen molar-refractivity contribution in [1.29, 1.82) is 0 Å². The second kappa shape index (κ2) is 3.77. The van der Waals surface area contributed by atoms with Crippen molar-refractivity contribution in [3.63, 3.8) is 0 Å². The lowest BCUT2D eigenvalue weighted by Crippen LogP contribution is -2.00. The van der Waals surface area contributed by atoms with Crippen LogP contribution in [0.2, 0.25) is 0 Å². The van der Waals surface area contributed by atoms with Crippen LogP contribution in [0.4, 0.5) is 0 Å². The fourth-order valence-electron chi connectivity index (χ4n) is 1.62. The molecule has 16 heavy (non-hydrogen) atoms. The van der Waals surface area contributed by atoms with Crippen molar-refractivity contribution in [3.05, 3.63) is 35.3 Å². The van der Waals surface area contributed by atoms with E-state index in [2.05, 4.69) is 15.2 Å². The minimum absolute atomic E-state index is 0.0671. The highest BCUT2D eigenvalue weighted by molar-refractivity contribution is 5.93. The molecule has 2 N–H and O–H groups in total. The number of nitrogens with one attached hydrogen (secondary N) is 1. The van der Waals surface area contributed by atoms with Gasteiger partial charge in [0, 0.05) is 5.69 Å². The summed E-state index contributed by atoms with van der Waals surface area (Å²) in [6.07, 6.45) is 1.48. The Labute approximate surface area is 92.2 Å². The molecule has 2 aromatic heterocycles. The summed E-state index contributed by atoms with van der Waals surface area (Å²) in [6, 6.07) is 3.77. The van der Waals surface area contributed by atoms with E-state index in [1.807, 2.05) is 26.0 Å². The van der Waals surface area contributed by atoms with Crippen LogP contribution < -0.4 is 0 Å². The number of carboxylic acids is 1. The summed E-state index contributed by atoms with van der Waals surface area (Å²) in [7, 11) is 0. The monoisotopic (exact) mass is 217 g/mol. The highest BCUT2D eigenvalue weighted by Gasteiger charge is 2.15. The van der Waals surface area contributed by atoms with E-state index in [9.17, 15) is 4.79 Å². The molecule has 0 fully saturated rings. The summed E-state index contributed by atoms with van der Waals surface area (Å²) in [6.45, 7) is 3.82. The Kier molecular flexibility index (Phi) is 2.44. The quantitative estimate of drug-likeness (QED) is 0.803. The maximum Gasteiger partial charge on any atom is 0.354 e. The van der Waals surface area contributed by atoms with E-state index in [0.717, 1.165) is 11.3 Å². The molecule has 2 rings (SSSR count). The van der Waals surface area contributed by atoms with E-state index < -0.39 is 5.97 Å². The van der Waals surface area contributed by atoms with Gasteiger partial charge < -0.3 is 5.11 Å². The van der Waals surface area contributed by atoms with E-state index in [0.29, 0.717) is 11.3 Å². The van der Waals surface area contributed by atoms with E-state index in [-0.39, 0.29) is 5.69 Å². The van der Waals surface area contributed by atoms with Gasteiger partial charge in [0.2, 0.25) is 0 Å². The Hall–Kier alpha value is -2.17. The van der Waals surface area contributed by atoms with Crippen LogP contribution in [0.5, 0.6) is 0 Å². The zero-order valence-electron chi connectivity index (χ0n) is 8.98. The van der Waals surface area contributed by atoms with Crippen LogP contribution in [0, 0.1) is 13.8 Å². The van der Waals surface area contributed by atoms with Crippen LogP contribution in [0.15, 0.2) is 18.3 Å². The molecule has 82 valence electrons. The van der Waals surface area contributed by atoms with Gasteiger partial charge in [-0.1, -0.05) is 0 Å². The standard InChI is InChI=1S/C11H11N3O2/c1-6-3-7(2)13-9(4-6)8-5-12-14-10(8)11(15)16/h3-5H,1-2H3,(H,12,14)(H,15,16). The summed E-state index contributed by atoms with van der Waals surface area (Å²) in [5.74, 6) is -1.03. The predicted octanol–water partition coefficient (Wildman–Crippen LogP) is 1.79. The van der Waals surface area contributed by atoms with E-state index in [1.54, 1.807) is 0 Å². The molecular formula is C11H11N3O2. The Bertz CT molecular complexity index is 526. The minimum atomic E-state index is -1.03. The summed E-state index contributed by atoms with van der Waals surface area (Å²) in [5, 5.41) is 15.1. The molecule has 0 amide bonds. The number of hydrogen-bond donors (Lipinski definition) is 2. The summed E-state index contributed by atoms with van der Waals surface area (Å²) >= 11 is 0. The fourth-order valence-corrected chi connectivity index (χ4v) is 1.62. The van der Waals surface area contributed by atoms with Crippen LogP contribution in [0.3, 0.4) is 0 Å². The number of carbonyl (C=O) groups is 1. The first kappa shape index (κ1) is 10.4. The number of nitrogens with zero attached hydrogens (tertiary/aromatic N) is 2. The van der Waals surface area contributed by atoms with Crippen molar-refractivity contribution in [2.24, 2.45) is 0 Å². The van der Waals surface area contributed by atoms with Crippen molar-refractivity contribution in [2.75, 3.05) is 0 Å². The Morgan fingerprint density at radius 2 is 2.12 bits per heavy atom. The van der Waals surface area contributed by atoms with Crippen molar-refractivity contribution >= 4 is 5.97 Å². The Balaban J connectivity index is 2.58. The van der Waals surface area contributed by atoms with Gasteiger partial charge in [0.1, 0.15) is 0 Å². The molecule has 5 heteroatoms. The van der Waals surface area contributed by atoms with Crippen LogP contribution in [0.1, 0.15) is 21.7 Å². The van der Waals surface area contributed by atoms with Gasteiger partial charge >= 0.3 is 5.97 Å². The van der Waals surface area contributed by atoms with Gasteiger partial charge in [0.25, 0.3) is 0 Å². The number of aromatic amines is 1. The maximum atomic E-state index is 10.9. The second-order valence-corrected chi connectivity index (χ2v) is 3.63. The zero-order chi connectivity index (χ0) is 11.7. The molecule has 0 saturated heterocycles. The third-order valence-corrected chi connectivity index (χ3v) is 2.23. The molecule has 0 radical (unpaired) electrons. The largest absolute Gasteiger partial charge is 0.477 e. The minimum Gasteiger partial charge on any atom is -0.477 e. The summed E-state index contributed by atoms with van der Waals surface area (Å²) in [4.78, 5) is 15.2. The summed E-state index contributed by atoms with van der Waals surface area (Å²) in [5.41, 5.74) is 3.10. The molecule has 0 saturated carbocycles. The maximum absolute atomic E-state index is 10.9. The van der Waals surface area contributed by atoms with Gasteiger partial charge in [0.05, 0.1) is 17.5 Å². The molecule has 0 aliphatic carbocycles. The van der Waals surface area contributed by atoms with E-state index >= 15 is 0 Å². The molecule has 0 atom stereocenters.